The highest BCUT2D eigenvalue weighted by Crippen LogP contribution is 2.34. The number of para-hydroxylation sites is 1. The van der Waals surface area contributed by atoms with Crippen LogP contribution in [0.5, 0.6) is 5.75 Å². The lowest BCUT2D eigenvalue weighted by Crippen LogP contribution is -2.51. The quantitative estimate of drug-likeness (QED) is 0.773. The summed E-state index contributed by atoms with van der Waals surface area (Å²) in [7, 11) is 1.39. The first-order valence-electron chi connectivity index (χ1n) is 10.2. The number of hydrogen-bond acceptors (Lipinski definition) is 4. The molecule has 0 saturated carbocycles. The number of rotatable bonds is 5. The number of benzene rings is 2. The molecule has 1 amide bonds. The van der Waals surface area contributed by atoms with E-state index in [-0.39, 0.29) is 29.4 Å². The number of carbonyl (C=O) groups excluding carboxylic acids is 1. The van der Waals surface area contributed by atoms with E-state index in [0.29, 0.717) is 13.2 Å². The largest absolute Gasteiger partial charge is 0.493 e. The van der Waals surface area contributed by atoms with Gasteiger partial charge in [-0.15, -0.1) is 0 Å². The Morgan fingerprint density at radius 1 is 1.10 bits per heavy atom. The number of likely N-dealkylation sites (tertiary alicyclic amines) is 1. The van der Waals surface area contributed by atoms with Gasteiger partial charge in [0.25, 0.3) is 5.91 Å². The SMILES string of the molecule is COc1c(F)cccc1C(=O)N1CCO[C@@H](CN2CCCC2)[C@@H]1c1ccccc1. The van der Waals surface area contributed by atoms with Crippen LogP contribution in [0.2, 0.25) is 0 Å². The lowest BCUT2D eigenvalue weighted by molar-refractivity contribution is -0.0708. The van der Waals surface area contributed by atoms with Crippen molar-refractivity contribution in [2.45, 2.75) is 25.0 Å². The second-order valence-corrected chi connectivity index (χ2v) is 7.59. The number of halogens is 1. The molecule has 0 N–H and O–H groups in total. The van der Waals surface area contributed by atoms with Crippen LogP contribution in [0.25, 0.3) is 0 Å². The summed E-state index contributed by atoms with van der Waals surface area (Å²) >= 11 is 0. The Bertz CT molecular complexity index is 839. The molecule has 0 aromatic heterocycles. The number of hydrogen-bond donors (Lipinski definition) is 0. The van der Waals surface area contributed by atoms with Gasteiger partial charge < -0.3 is 19.3 Å². The van der Waals surface area contributed by atoms with E-state index in [1.165, 1.54) is 26.0 Å². The molecule has 2 aliphatic heterocycles. The Hall–Kier alpha value is -2.44. The average Bonchev–Trinajstić information content (AvgIpc) is 3.26. The van der Waals surface area contributed by atoms with Gasteiger partial charge in [-0.25, -0.2) is 4.39 Å². The molecule has 29 heavy (non-hydrogen) atoms. The molecule has 2 saturated heterocycles. The molecule has 2 fully saturated rings. The second-order valence-electron chi connectivity index (χ2n) is 7.59. The first-order chi connectivity index (χ1) is 14.2. The van der Waals surface area contributed by atoms with Crippen LogP contribution in [0.1, 0.15) is 34.8 Å². The van der Waals surface area contributed by atoms with Crippen LogP contribution in [0.3, 0.4) is 0 Å². The van der Waals surface area contributed by atoms with Gasteiger partial charge in [0.2, 0.25) is 0 Å². The van der Waals surface area contributed by atoms with E-state index in [4.69, 9.17) is 9.47 Å². The zero-order valence-corrected chi connectivity index (χ0v) is 16.7. The molecule has 2 aromatic carbocycles. The molecular formula is C23H27FN2O3. The summed E-state index contributed by atoms with van der Waals surface area (Å²) in [5.74, 6) is -0.770. The minimum absolute atomic E-state index is 0.00750. The fraction of sp³-hybridized carbons (Fsp3) is 0.435. The molecule has 0 aliphatic carbocycles. The third kappa shape index (κ3) is 4.14. The first-order valence-corrected chi connectivity index (χ1v) is 10.2. The minimum atomic E-state index is -0.531. The zero-order chi connectivity index (χ0) is 20.2. The number of morpholine rings is 1. The standard InChI is InChI=1S/C23H27FN2O3/c1-28-22-18(10-7-11-19(22)24)23(27)26-14-15-29-20(16-25-12-5-6-13-25)21(26)17-8-3-2-4-9-17/h2-4,7-11,20-21H,5-6,12-16H2,1H3/t20-,21-/m0/s1. The molecule has 0 unspecified atom stereocenters. The van der Waals surface area contributed by atoms with E-state index in [2.05, 4.69) is 4.90 Å². The van der Waals surface area contributed by atoms with Crippen LogP contribution >= 0.6 is 0 Å². The van der Waals surface area contributed by atoms with Crippen LogP contribution in [0, 0.1) is 5.82 Å². The van der Waals surface area contributed by atoms with Gasteiger partial charge in [-0.05, 0) is 43.6 Å². The predicted molar refractivity (Wildman–Crippen MR) is 109 cm³/mol. The van der Waals surface area contributed by atoms with Crippen molar-refractivity contribution in [3.05, 3.63) is 65.5 Å². The average molecular weight is 398 g/mol. The summed E-state index contributed by atoms with van der Waals surface area (Å²) in [4.78, 5) is 17.7. The van der Waals surface area contributed by atoms with Crippen LogP contribution in [-0.2, 0) is 4.74 Å². The molecule has 6 heteroatoms. The zero-order valence-electron chi connectivity index (χ0n) is 16.7. The Morgan fingerprint density at radius 3 is 2.59 bits per heavy atom. The van der Waals surface area contributed by atoms with Crippen LogP contribution in [0.15, 0.2) is 48.5 Å². The van der Waals surface area contributed by atoms with Gasteiger partial charge >= 0.3 is 0 Å². The second kappa shape index (κ2) is 8.93. The van der Waals surface area contributed by atoms with Gasteiger partial charge in [-0.1, -0.05) is 36.4 Å². The molecule has 0 bridgehead atoms. The Morgan fingerprint density at radius 2 is 1.86 bits per heavy atom. The van der Waals surface area contributed by atoms with E-state index in [1.807, 2.05) is 35.2 Å². The fourth-order valence-electron chi connectivity index (χ4n) is 4.42. The summed E-state index contributed by atoms with van der Waals surface area (Å²) in [5, 5.41) is 0. The highest BCUT2D eigenvalue weighted by Gasteiger charge is 2.38. The molecule has 0 radical (unpaired) electrons. The summed E-state index contributed by atoms with van der Waals surface area (Å²) in [6.07, 6.45) is 2.27. The van der Waals surface area contributed by atoms with E-state index in [9.17, 15) is 9.18 Å². The van der Waals surface area contributed by atoms with Crippen LogP contribution in [-0.4, -0.2) is 61.7 Å². The molecule has 0 spiro atoms. The maximum atomic E-state index is 14.2. The first kappa shape index (κ1) is 19.9. The molecular weight excluding hydrogens is 371 g/mol. The van der Waals surface area contributed by atoms with Gasteiger partial charge in [-0.3, -0.25) is 4.79 Å². The van der Waals surface area contributed by atoms with Crippen molar-refractivity contribution in [2.24, 2.45) is 0 Å². The summed E-state index contributed by atoms with van der Waals surface area (Å²) in [6.45, 7) is 3.82. The lowest BCUT2D eigenvalue weighted by Gasteiger charge is -2.43. The Kier molecular flexibility index (Phi) is 6.11. The number of methoxy groups -OCH3 is 1. The van der Waals surface area contributed by atoms with Crippen molar-refractivity contribution in [3.63, 3.8) is 0 Å². The lowest BCUT2D eigenvalue weighted by atomic mass is 9.96. The van der Waals surface area contributed by atoms with E-state index in [1.54, 1.807) is 12.1 Å². The molecule has 2 aliphatic rings. The van der Waals surface area contributed by atoms with Crippen molar-refractivity contribution in [2.75, 3.05) is 39.9 Å². The summed E-state index contributed by atoms with van der Waals surface area (Å²) in [5.41, 5.74) is 1.27. The van der Waals surface area contributed by atoms with E-state index in [0.717, 1.165) is 25.2 Å². The summed E-state index contributed by atoms with van der Waals surface area (Å²) in [6, 6.07) is 14.2. The van der Waals surface area contributed by atoms with Crippen molar-refractivity contribution < 1.29 is 18.7 Å². The predicted octanol–water partition coefficient (Wildman–Crippen LogP) is 3.51. The van der Waals surface area contributed by atoms with Crippen LogP contribution in [0.4, 0.5) is 4.39 Å². The monoisotopic (exact) mass is 398 g/mol. The maximum Gasteiger partial charge on any atom is 0.258 e. The Labute approximate surface area is 171 Å². The third-order valence-corrected chi connectivity index (χ3v) is 5.79. The smallest absolute Gasteiger partial charge is 0.258 e. The minimum Gasteiger partial charge on any atom is -0.493 e. The Balaban J connectivity index is 1.68. The molecule has 2 heterocycles. The number of carbonyl (C=O) groups is 1. The maximum absolute atomic E-state index is 14.2. The molecule has 5 nitrogen and oxygen atoms in total. The van der Waals surface area contributed by atoms with E-state index < -0.39 is 5.82 Å². The van der Waals surface area contributed by atoms with Crippen LogP contribution < -0.4 is 4.74 Å². The van der Waals surface area contributed by atoms with E-state index >= 15 is 0 Å². The number of amides is 1. The van der Waals surface area contributed by atoms with Gasteiger partial charge in [0, 0.05) is 13.1 Å². The topological polar surface area (TPSA) is 42.0 Å². The third-order valence-electron chi connectivity index (χ3n) is 5.79. The normalized spacial score (nSPS) is 22.6. The number of ether oxygens (including phenoxy) is 2. The van der Waals surface area contributed by atoms with Crippen molar-refractivity contribution in [1.82, 2.24) is 9.80 Å². The molecule has 154 valence electrons. The van der Waals surface area contributed by atoms with Crippen molar-refractivity contribution in [1.29, 1.82) is 0 Å². The number of nitrogens with zero attached hydrogens (tertiary/aromatic N) is 2. The van der Waals surface area contributed by atoms with Gasteiger partial charge in [0.1, 0.15) is 0 Å². The molecule has 2 aromatic rings. The molecule has 4 rings (SSSR count). The fourth-order valence-corrected chi connectivity index (χ4v) is 4.42. The van der Waals surface area contributed by atoms with Crippen molar-refractivity contribution in [3.8, 4) is 5.75 Å². The highest BCUT2D eigenvalue weighted by molar-refractivity contribution is 5.97. The van der Waals surface area contributed by atoms with Gasteiger partial charge in [0.05, 0.1) is 31.4 Å². The highest BCUT2D eigenvalue weighted by atomic mass is 19.1. The van der Waals surface area contributed by atoms with Gasteiger partial charge in [-0.2, -0.15) is 0 Å². The van der Waals surface area contributed by atoms with Crippen molar-refractivity contribution >= 4 is 5.91 Å². The molecule has 2 atom stereocenters. The van der Waals surface area contributed by atoms with Gasteiger partial charge in [0.15, 0.2) is 11.6 Å². The summed E-state index contributed by atoms with van der Waals surface area (Å²) < 4.78 is 25.6.